The van der Waals surface area contributed by atoms with Crippen molar-refractivity contribution in [3.8, 4) is 0 Å². The maximum absolute atomic E-state index is 12.3. The smallest absolute Gasteiger partial charge is 0.240 e. The summed E-state index contributed by atoms with van der Waals surface area (Å²) in [4.78, 5) is 14.9. The SMILES string of the molecule is CC1CCCC(N)(C(=O)NCCCN2CCCCC2C)C1. The fourth-order valence-corrected chi connectivity index (χ4v) is 3.95. The van der Waals surface area contributed by atoms with Gasteiger partial charge in [0.25, 0.3) is 0 Å². The molecule has 0 spiro atoms. The molecule has 4 nitrogen and oxygen atoms in total. The number of amides is 1. The van der Waals surface area contributed by atoms with E-state index in [-0.39, 0.29) is 5.91 Å². The van der Waals surface area contributed by atoms with Crippen molar-refractivity contribution in [2.24, 2.45) is 11.7 Å². The third kappa shape index (κ3) is 4.68. The quantitative estimate of drug-likeness (QED) is 0.765. The van der Waals surface area contributed by atoms with Crippen molar-refractivity contribution >= 4 is 5.91 Å². The number of carbonyl (C=O) groups is 1. The van der Waals surface area contributed by atoms with Gasteiger partial charge in [0.1, 0.15) is 0 Å². The Labute approximate surface area is 129 Å². The van der Waals surface area contributed by atoms with Crippen molar-refractivity contribution in [2.75, 3.05) is 19.6 Å². The zero-order valence-electron chi connectivity index (χ0n) is 13.9. The highest BCUT2D eigenvalue weighted by Gasteiger charge is 2.37. The highest BCUT2D eigenvalue weighted by atomic mass is 16.2. The standard InChI is InChI=1S/C17H33N3O/c1-14-7-5-9-17(18,13-14)16(21)19-10-6-12-20-11-4-3-8-15(20)2/h14-15H,3-13,18H2,1-2H3,(H,19,21). The van der Waals surface area contributed by atoms with E-state index in [2.05, 4.69) is 24.1 Å². The number of carbonyl (C=O) groups excluding carboxylic acids is 1. The lowest BCUT2D eigenvalue weighted by Gasteiger charge is -2.35. The topological polar surface area (TPSA) is 58.4 Å². The van der Waals surface area contributed by atoms with Gasteiger partial charge in [0.2, 0.25) is 5.91 Å². The average molecular weight is 295 g/mol. The number of hydrogen-bond acceptors (Lipinski definition) is 3. The zero-order chi connectivity index (χ0) is 15.3. The van der Waals surface area contributed by atoms with Crippen LogP contribution in [0.1, 0.15) is 65.2 Å². The minimum Gasteiger partial charge on any atom is -0.354 e. The lowest BCUT2D eigenvalue weighted by Crippen LogP contribution is -2.56. The molecule has 3 atom stereocenters. The van der Waals surface area contributed by atoms with Crippen molar-refractivity contribution in [3.63, 3.8) is 0 Å². The molecule has 4 heteroatoms. The molecule has 21 heavy (non-hydrogen) atoms. The number of piperidine rings is 1. The zero-order valence-corrected chi connectivity index (χ0v) is 13.9. The Morgan fingerprint density at radius 2 is 2.10 bits per heavy atom. The number of hydrogen-bond donors (Lipinski definition) is 2. The van der Waals surface area contributed by atoms with E-state index in [1.165, 1.54) is 32.2 Å². The van der Waals surface area contributed by atoms with Gasteiger partial charge in [-0.3, -0.25) is 4.79 Å². The molecular weight excluding hydrogens is 262 g/mol. The molecule has 3 N–H and O–H groups in total. The second-order valence-electron chi connectivity index (χ2n) is 7.35. The predicted molar refractivity (Wildman–Crippen MR) is 87.1 cm³/mol. The summed E-state index contributed by atoms with van der Waals surface area (Å²) in [5.74, 6) is 0.643. The molecule has 1 saturated heterocycles. The van der Waals surface area contributed by atoms with Gasteiger partial charge in [-0.2, -0.15) is 0 Å². The van der Waals surface area contributed by atoms with Crippen LogP contribution in [0, 0.1) is 5.92 Å². The van der Waals surface area contributed by atoms with Crippen molar-refractivity contribution in [3.05, 3.63) is 0 Å². The highest BCUT2D eigenvalue weighted by Crippen LogP contribution is 2.30. The van der Waals surface area contributed by atoms with Crippen molar-refractivity contribution in [2.45, 2.75) is 76.8 Å². The fourth-order valence-electron chi connectivity index (χ4n) is 3.95. The first-order valence-corrected chi connectivity index (χ1v) is 8.82. The van der Waals surface area contributed by atoms with Crippen molar-refractivity contribution < 1.29 is 4.79 Å². The normalized spacial score (nSPS) is 34.6. The van der Waals surface area contributed by atoms with Crippen LogP contribution in [-0.2, 0) is 4.79 Å². The Morgan fingerprint density at radius 1 is 1.29 bits per heavy atom. The highest BCUT2D eigenvalue weighted by molar-refractivity contribution is 5.86. The molecule has 0 aromatic carbocycles. The number of rotatable bonds is 5. The predicted octanol–water partition coefficient (Wildman–Crippen LogP) is 2.27. The van der Waals surface area contributed by atoms with Gasteiger partial charge in [0, 0.05) is 19.1 Å². The molecule has 0 aromatic rings. The van der Waals surface area contributed by atoms with Gasteiger partial charge >= 0.3 is 0 Å². The van der Waals surface area contributed by atoms with Gasteiger partial charge in [-0.05, 0) is 51.5 Å². The van der Waals surface area contributed by atoms with Gasteiger partial charge in [0.15, 0.2) is 0 Å². The Morgan fingerprint density at radius 3 is 2.81 bits per heavy atom. The summed E-state index contributed by atoms with van der Waals surface area (Å²) in [6, 6.07) is 0.703. The van der Waals surface area contributed by atoms with Crippen LogP contribution < -0.4 is 11.1 Å². The third-order valence-electron chi connectivity index (χ3n) is 5.33. The maximum Gasteiger partial charge on any atom is 0.240 e. The number of nitrogens with two attached hydrogens (primary N) is 1. The number of nitrogens with zero attached hydrogens (tertiary/aromatic N) is 1. The molecule has 0 bridgehead atoms. The van der Waals surface area contributed by atoms with E-state index in [9.17, 15) is 4.79 Å². The van der Waals surface area contributed by atoms with Crippen molar-refractivity contribution in [1.29, 1.82) is 0 Å². The van der Waals surface area contributed by atoms with E-state index in [4.69, 9.17) is 5.73 Å². The summed E-state index contributed by atoms with van der Waals surface area (Å²) in [6.07, 6.45) is 8.99. The number of likely N-dealkylation sites (tertiary alicyclic amines) is 1. The molecule has 0 radical (unpaired) electrons. The summed E-state index contributed by atoms with van der Waals surface area (Å²) in [5.41, 5.74) is 5.70. The van der Waals surface area contributed by atoms with Gasteiger partial charge in [-0.15, -0.1) is 0 Å². The van der Waals surface area contributed by atoms with Crippen LogP contribution in [0.3, 0.4) is 0 Å². The molecule has 0 aromatic heterocycles. The minimum atomic E-state index is -0.615. The van der Waals surface area contributed by atoms with Crippen LogP contribution >= 0.6 is 0 Å². The first-order valence-electron chi connectivity index (χ1n) is 8.82. The summed E-state index contributed by atoms with van der Waals surface area (Å²) < 4.78 is 0. The summed E-state index contributed by atoms with van der Waals surface area (Å²) >= 11 is 0. The molecule has 1 saturated carbocycles. The molecule has 1 heterocycles. The van der Waals surface area contributed by atoms with E-state index in [1.54, 1.807) is 0 Å². The lowest BCUT2D eigenvalue weighted by molar-refractivity contribution is -0.128. The van der Waals surface area contributed by atoms with Crippen LogP contribution in [0.2, 0.25) is 0 Å². The Balaban J connectivity index is 1.67. The molecule has 2 fully saturated rings. The molecule has 2 aliphatic rings. The van der Waals surface area contributed by atoms with Crippen LogP contribution in [-0.4, -0.2) is 42.0 Å². The van der Waals surface area contributed by atoms with Gasteiger partial charge in [-0.1, -0.05) is 26.2 Å². The maximum atomic E-state index is 12.3. The minimum absolute atomic E-state index is 0.0701. The van der Waals surface area contributed by atoms with E-state index in [0.29, 0.717) is 12.0 Å². The van der Waals surface area contributed by atoms with Crippen LogP contribution in [0.4, 0.5) is 0 Å². The van der Waals surface area contributed by atoms with E-state index in [1.807, 2.05) is 0 Å². The summed E-state index contributed by atoms with van der Waals surface area (Å²) in [7, 11) is 0. The van der Waals surface area contributed by atoms with Crippen LogP contribution in [0.5, 0.6) is 0 Å². The molecule has 122 valence electrons. The summed E-state index contributed by atoms with van der Waals surface area (Å²) in [6.45, 7) is 7.58. The lowest BCUT2D eigenvalue weighted by atomic mass is 9.76. The third-order valence-corrected chi connectivity index (χ3v) is 5.33. The largest absolute Gasteiger partial charge is 0.354 e. The molecule has 1 amide bonds. The molecule has 1 aliphatic carbocycles. The van der Waals surface area contributed by atoms with E-state index in [0.717, 1.165) is 38.8 Å². The Kier molecular flexibility index (Phi) is 6.06. The molecule has 2 rings (SSSR count). The monoisotopic (exact) mass is 295 g/mol. The van der Waals surface area contributed by atoms with Crippen LogP contribution in [0.15, 0.2) is 0 Å². The second kappa shape index (κ2) is 7.59. The fraction of sp³-hybridized carbons (Fsp3) is 0.941. The molecular formula is C17H33N3O. The van der Waals surface area contributed by atoms with Crippen LogP contribution in [0.25, 0.3) is 0 Å². The first-order chi connectivity index (χ1) is 10.0. The van der Waals surface area contributed by atoms with Gasteiger partial charge in [-0.25, -0.2) is 0 Å². The van der Waals surface area contributed by atoms with Crippen molar-refractivity contribution in [1.82, 2.24) is 10.2 Å². The number of nitrogens with one attached hydrogen (secondary N) is 1. The average Bonchev–Trinajstić information content (AvgIpc) is 2.45. The van der Waals surface area contributed by atoms with E-state index < -0.39 is 5.54 Å². The second-order valence-corrected chi connectivity index (χ2v) is 7.35. The first kappa shape index (κ1) is 16.8. The molecule has 1 aliphatic heterocycles. The van der Waals surface area contributed by atoms with Gasteiger partial charge in [0.05, 0.1) is 5.54 Å². The Bertz CT molecular complexity index is 347. The van der Waals surface area contributed by atoms with Gasteiger partial charge < -0.3 is 16.0 Å². The van der Waals surface area contributed by atoms with E-state index >= 15 is 0 Å². The molecule has 3 unspecified atom stereocenters. The Hall–Kier alpha value is -0.610. The summed E-state index contributed by atoms with van der Waals surface area (Å²) in [5, 5.41) is 3.08.